The molecule has 16 heavy (non-hydrogen) atoms. The molecule has 0 amide bonds. The molecule has 1 unspecified atom stereocenters. The number of carbonyl (C=O) groups is 1. The average molecular weight is 227 g/mol. The van der Waals surface area contributed by atoms with Crippen LogP contribution in [-0.4, -0.2) is 38.7 Å². The van der Waals surface area contributed by atoms with Crippen LogP contribution in [0, 0.1) is 6.92 Å². The van der Waals surface area contributed by atoms with Gasteiger partial charge in [-0.15, -0.1) is 0 Å². The second kappa shape index (κ2) is 5.60. The van der Waals surface area contributed by atoms with Gasteiger partial charge >= 0.3 is 5.97 Å². The molecule has 0 aliphatic rings. The first kappa shape index (κ1) is 12.6. The van der Waals surface area contributed by atoms with E-state index in [0.29, 0.717) is 18.3 Å². The number of carboxylic acids is 1. The Labute approximate surface area is 94.3 Å². The van der Waals surface area contributed by atoms with Gasteiger partial charge in [0, 0.05) is 13.0 Å². The van der Waals surface area contributed by atoms with Crippen molar-refractivity contribution >= 4 is 5.97 Å². The van der Waals surface area contributed by atoms with Gasteiger partial charge in [-0.2, -0.15) is 4.98 Å². The van der Waals surface area contributed by atoms with E-state index in [0.717, 1.165) is 6.42 Å². The Morgan fingerprint density at radius 3 is 2.75 bits per heavy atom. The van der Waals surface area contributed by atoms with Crippen LogP contribution < -0.4 is 0 Å². The molecule has 1 heterocycles. The minimum absolute atomic E-state index is 0.0113. The van der Waals surface area contributed by atoms with Crippen molar-refractivity contribution < 1.29 is 14.4 Å². The molecule has 0 saturated carbocycles. The molecular weight excluding hydrogens is 210 g/mol. The minimum atomic E-state index is -0.847. The molecule has 1 rings (SSSR count). The monoisotopic (exact) mass is 227 g/mol. The van der Waals surface area contributed by atoms with Crippen molar-refractivity contribution in [3.63, 3.8) is 0 Å². The maximum Gasteiger partial charge on any atom is 0.317 e. The van der Waals surface area contributed by atoms with E-state index in [1.807, 2.05) is 18.7 Å². The zero-order chi connectivity index (χ0) is 12.1. The Morgan fingerprint density at radius 2 is 2.31 bits per heavy atom. The van der Waals surface area contributed by atoms with Crippen LogP contribution in [0.5, 0.6) is 0 Å². The van der Waals surface area contributed by atoms with Gasteiger partial charge in [-0.3, -0.25) is 9.69 Å². The maximum absolute atomic E-state index is 10.7. The molecule has 0 aliphatic carbocycles. The van der Waals surface area contributed by atoms with E-state index >= 15 is 0 Å². The minimum Gasteiger partial charge on any atom is -0.480 e. The number of aryl methyl sites for hydroxylation is 1. The number of hydrogen-bond acceptors (Lipinski definition) is 5. The molecular formula is C10H17N3O3. The first-order valence-electron chi connectivity index (χ1n) is 5.28. The number of rotatable bonds is 6. The van der Waals surface area contributed by atoms with Crippen LogP contribution in [0.3, 0.4) is 0 Å². The summed E-state index contributed by atoms with van der Waals surface area (Å²) in [6.07, 6.45) is 0.879. The fourth-order valence-corrected chi connectivity index (χ4v) is 1.39. The van der Waals surface area contributed by atoms with Crippen LogP contribution >= 0.6 is 0 Å². The summed E-state index contributed by atoms with van der Waals surface area (Å²) in [6.45, 7) is 6.10. The normalized spacial score (nSPS) is 13.0. The highest BCUT2D eigenvalue weighted by Gasteiger charge is 2.18. The van der Waals surface area contributed by atoms with Gasteiger partial charge in [0.1, 0.15) is 0 Å². The standard InChI is InChI=1S/C10H17N3O3/c1-4-7(2)13(6-10(14)15)5-9-11-8(3)16-12-9/h7H,4-6H2,1-3H3,(H,14,15). The molecule has 0 saturated heterocycles. The van der Waals surface area contributed by atoms with E-state index in [1.54, 1.807) is 6.92 Å². The molecule has 0 aliphatic heterocycles. The van der Waals surface area contributed by atoms with Crippen molar-refractivity contribution in [1.82, 2.24) is 15.0 Å². The van der Waals surface area contributed by atoms with Gasteiger partial charge in [0.2, 0.25) is 5.89 Å². The van der Waals surface area contributed by atoms with Gasteiger partial charge in [0.25, 0.3) is 0 Å². The summed E-state index contributed by atoms with van der Waals surface area (Å²) < 4.78 is 4.85. The van der Waals surface area contributed by atoms with Gasteiger partial charge in [-0.25, -0.2) is 0 Å². The third kappa shape index (κ3) is 3.62. The van der Waals surface area contributed by atoms with Gasteiger partial charge in [0.15, 0.2) is 5.82 Å². The lowest BCUT2D eigenvalue weighted by atomic mass is 10.2. The number of nitrogens with zero attached hydrogens (tertiary/aromatic N) is 3. The first-order chi connectivity index (χ1) is 7.52. The highest BCUT2D eigenvalue weighted by Crippen LogP contribution is 2.08. The molecule has 90 valence electrons. The van der Waals surface area contributed by atoms with Crippen LogP contribution in [0.1, 0.15) is 32.0 Å². The van der Waals surface area contributed by atoms with Crippen molar-refractivity contribution in [2.75, 3.05) is 6.54 Å². The lowest BCUT2D eigenvalue weighted by molar-refractivity contribution is -0.139. The van der Waals surface area contributed by atoms with Crippen molar-refractivity contribution in [2.24, 2.45) is 0 Å². The Hall–Kier alpha value is -1.43. The van der Waals surface area contributed by atoms with E-state index in [1.165, 1.54) is 0 Å². The summed E-state index contributed by atoms with van der Waals surface area (Å²) in [5.74, 6) is 0.175. The molecule has 1 aromatic heterocycles. The van der Waals surface area contributed by atoms with E-state index in [-0.39, 0.29) is 12.6 Å². The lowest BCUT2D eigenvalue weighted by Gasteiger charge is -2.24. The predicted molar refractivity (Wildman–Crippen MR) is 56.8 cm³/mol. The van der Waals surface area contributed by atoms with Crippen LogP contribution in [0.15, 0.2) is 4.52 Å². The van der Waals surface area contributed by atoms with Gasteiger partial charge < -0.3 is 9.63 Å². The van der Waals surface area contributed by atoms with E-state index in [9.17, 15) is 4.79 Å². The molecule has 0 spiro atoms. The molecule has 0 bridgehead atoms. The van der Waals surface area contributed by atoms with Crippen molar-refractivity contribution in [3.05, 3.63) is 11.7 Å². The number of hydrogen-bond donors (Lipinski definition) is 1. The zero-order valence-electron chi connectivity index (χ0n) is 9.80. The highest BCUT2D eigenvalue weighted by atomic mass is 16.5. The van der Waals surface area contributed by atoms with Gasteiger partial charge in [0.05, 0.1) is 13.1 Å². The number of aliphatic carboxylic acids is 1. The fourth-order valence-electron chi connectivity index (χ4n) is 1.39. The smallest absolute Gasteiger partial charge is 0.317 e. The van der Waals surface area contributed by atoms with Gasteiger partial charge in [-0.1, -0.05) is 12.1 Å². The Kier molecular flexibility index (Phi) is 4.42. The summed E-state index contributed by atoms with van der Waals surface area (Å²) in [7, 11) is 0. The molecule has 1 aromatic rings. The van der Waals surface area contributed by atoms with Crippen LogP contribution in [-0.2, 0) is 11.3 Å². The second-order valence-corrected chi connectivity index (χ2v) is 3.79. The fraction of sp³-hybridized carbons (Fsp3) is 0.700. The summed E-state index contributed by atoms with van der Waals surface area (Å²) in [5, 5.41) is 12.6. The van der Waals surface area contributed by atoms with Crippen molar-refractivity contribution in [2.45, 2.75) is 39.8 Å². The van der Waals surface area contributed by atoms with E-state index in [2.05, 4.69) is 10.1 Å². The van der Waals surface area contributed by atoms with Crippen molar-refractivity contribution in [3.8, 4) is 0 Å². The molecule has 1 atom stereocenters. The molecule has 6 heteroatoms. The van der Waals surface area contributed by atoms with Crippen LogP contribution in [0.2, 0.25) is 0 Å². The molecule has 0 radical (unpaired) electrons. The average Bonchev–Trinajstić information content (AvgIpc) is 2.61. The Balaban J connectivity index is 2.66. The molecule has 0 aromatic carbocycles. The van der Waals surface area contributed by atoms with Crippen LogP contribution in [0.25, 0.3) is 0 Å². The largest absolute Gasteiger partial charge is 0.480 e. The molecule has 0 fully saturated rings. The highest BCUT2D eigenvalue weighted by molar-refractivity contribution is 5.69. The van der Waals surface area contributed by atoms with Crippen LogP contribution in [0.4, 0.5) is 0 Å². The summed E-state index contributed by atoms with van der Waals surface area (Å²) >= 11 is 0. The second-order valence-electron chi connectivity index (χ2n) is 3.79. The third-order valence-corrected chi connectivity index (χ3v) is 2.47. The van der Waals surface area contributed by atoms with Gasteiger partial charge in [-0.05, 0) is 13.3 Å². The third-order valence-electron chi connectivity index (χ3n) is 2.47. The lowest BCUT2D eigenvalue weighted by Crippen LogP contribution is -2.36. The predicted octanol–water partition coefficient (Wildman–Crippen LogP) is 1.06. The topological polar surface area (TPSA) is 79.5 Å². The Morgan fingerprint density at radius 1 is 1.62 bits per heavy atom. The zero-order valence-corrected chi connectivity index (χ0v) is 9.80. The summed E-state index contributed by atoms with van der Waals surface area (Å²) in [6, 6.07) is 0.176. The summed E-state index contributed by atoms with van der Waals surface area (Å²) in [4.78, 5) is 16.6. The number of aromatic nitrogens is 2. The first-order valence-corrected chi connectivity index (χ1v) is 5.28. The SMILES string of the molecule is CCC(C)N(CC(=O)O)Cc1noc(C)n1. The number of carboxylic acid groups (broad SMARTS) is 1. The summed E-state index contributed by atoms with van der Waals surface area (Å²) in [5.41, 5.74) is 0. The Bertz CT molecular complexity index is 351. The van der Waals surface area contributed by atoms with E-state index in [4.69, 9.17) is 9.63 Å². The molecule has 1 N–H and O–H groups in total. The van der Waals surface area contributed by atoms with E-state index < -0.39 is 5.97 Å². The maximum atomic E-state index is 10.7. The van der Waals surface area contributed by atoms with Crippen molar-refractivity contribution in [1.29, 1.82) is 0 Å². The quantitative estimate of drug-likeness (QED) is 0.782. The molecule has 6 nitrogen and oxygen atoms in total.